The van der Waals surface area contributed by atoms with Crippen LogP contribution in [0.3, 0.4) is 0 Å². The molecule has 0 aromatic heterocycles. The molecule has 0 saturated carbocycles. The number of fused-ring (bicyclic) bond motifs is 2. The first kappa shape index (κ1) is 24.2. The Balaban J connectivity index is 0. The smallest absolute Gasteiger partial charge is 0.0458 e. The first-order valence-electron chi connectivity index (χ1n) is 6.84. The van der Waals surface area contributed by atoms with E-state index in [4.69, 9.17) is 5.73 Å². The number of halogens is 3. The molecule has 1 aromatic rings. The number of nitrogen functional groups attached to an aromatic ring is 1. The van der Waals surface area contributed by atoms with Gasteiger partial charge in [0.15, 0.2) is 0 Å². The van der Waals surface area contributed by atoms with Gasteiger partial charge in [-0.3, -0.25) is 0 Å². The largest absolute Gasteiger partial charge is 0.412 e. The molecule has 2 heterocycles. The van der Waals surface area contributed by atoms with E-state index in [0.717, 1.165) is 28.2 Å². The summed E-state index contributed by atoms with van der Waals surface area (Å²) in [7, 11) is 2.30. The lowest BCUT2D eigenvalue weighted by Crippen LogP contribution is -2.44. The lowest BCUT2D eigenvalue weighted by atomic mass is 9.77. The van der Waals surface area contributed by atoms with Crippen LogP contribution in [-0.2, 0) is 0 Å². The molecule has 0 amide bonds. The van der Waals surface area contributed by atoms with E-state index in [1.54, 1.807) is 0 Å². The normalized spacial score (nSPS) is 29.4. The first-order valence-corrected chi connectivity index (χ1v) is 7.64. The maximum atomic E-state index is 5.89. The molecule has 1 aromatic carbocycles. The monoisotopic (exact) mass is 416 g/mol. The SMILES string of the molecule is C[C@@H]1C2CCC(C[C@@H]1c1ccc(N)c(Br)c1)N2C.Cl.Cl.O.O. The van der Waals surface area contributed by atoms with Crippen molar-refractivity contribution in [3.05, 3.63) is 28.2 Å². The summed E-state index contributed by atoms with van der Waals surface area (Å²) in [6.45, 7) is 2.41. The Bertz CT molecular complexity index is 479. The molecule has 130 valence electrons. The van der Waals surface area contributed by atoms with Crippen LogP contribution in [0.2, 0.25) is 0 Å². The predicted octanol–water partition coefficient (Wildman–Crippen LogP) is 2.81. The Kier molecular flexibility index (Phi) is 10.2. The number of piperidine rings is 1. The molecule has 0 radical (unpaired) electrons. The van der Waals surface area contributed by atoms with Crippen LogP contribution in [0.4, 0.5) is 5.69 Å². The van der Waals surface area contributed by atoms with E-state index >= 15 is 0 Å². The summed E-state index contributed by atoms with van der Waals surface area (Å²) in [4.78, 5) is 2.60. The minimum Gasteiger partial charge on any atom is -0.412 e. The second-order valence-electron chi connectivity index (χ2n) is 5.95. The van der Waals surface area contributed by atoms with Crippen molar-refractivity contribution in [2.24, 2.45) is 5.92 Å². The summed E-state index contributed by atoms with van der Waals surface area (Å²) < 4.78 is 1.04. The number of nitrogens with two attached hydrogens (primary N) is 1. The van der Waals surface area contributed by atoms with Gasteiger partial charge in [-0.2, -0.15) is 0 Å². The van der Waals surface area contributed by atoms with Crippen molar-refractivity contribution in [3.63, 3.8) is 0 Å². The van der Waals surface area contributed by atoms with E-state index in [1.807, 2.05) is 6.07 Å². The average Bonchev–Trinajstić information content (AvgIpc) is 2.60. The van der Waals surface area contributed by atoms with Gasteiger partial charge in [-0.15, -0.1) is 24.8 Å². The molecule has 4 atom stereocenters. The molecule has 2 unspecified atom stereocenters. The van der Waals surface area contributed by atoms with Gasteiger partial charge in [0.05, 0.1) is 0 Å². The molecule has 22 heavy (non-hydrogen) atoms. The summed E-state index contributed by atoms with van der Waals surface area (Å²) in [5, 5.41) is 0. The van der Waals surface area contributed by atoms with E-state index in [9.17, 15) is 0 Å². The third-order valence-corrected chi connectivity index (χ3v) is 5.80. The first-order chi connectivity index (χ1) is 8.58. The molecule has 2 aliphatic heterocycles. The number of nitrogens with zero attached hydrogens (tertiary/aromatic N) is 1. The van der Waals surface area contributed by atoms with Gasteiger partial charge in [0.25, 0.3) is 0 Å². The Morgan fingerprint density at radius 1 is 1.18 bits per heavy atom. The van der Waals surface area contributed by atoms with Crippen LogP contribution in [0.5, 0.6) is 0 Å². The molecule has 0 spiro atoms. The third-order valence-electron chi connectivity index (χ3n) is 5.12. The van der Waals surface area contributed by atoms with Gasteiger partial charge >= 0.3 is 0 Å². The van der Waals surface area contributed by atoms with Crippen molar-refractivity contribution in [1.29, 1.82) is 0 Å². The molecule has 3 rings (SSSR count). The lowest BCUT2D eigenvalue weighted by Gasteiger charge is -2.41. The van der Waals surface area contributed by atoms with Crippen molar-refractivity contribution >= 4 is 46.4 Å². The molecule has 2 fully saturated rings. The molecular formula is C15H27BrCl2N2O2. The van der Waals surface area contributed by atoms with Crippen LogP contribution in [0, 0.1) is 5.92 Å². The van der Waals surface area contributed by atoms with Crippen LogP contribution in [0.15, 0.2) is 22.7 Å². The van der Waals surface area contributed by atoms with Gasteiger partial charge in [-0.1, -0.05) is 13.0 Å². The molecule has 2 saturated heterocycles. The van der Waals surface area contributed by atoms with Crippen LogP contribution in [-0.4, -0.2) is 35.0 Å². The van der Waals surface area contributed by atoms with E-state index < -0.39 is 0 Å². The minimum absolute atomic E-state index is 0. The third kappa shape index (κ3) is 4.08. The molecule has 6 N–H and O–H groups in total. The van der Waals surface area contributed by atoms with E-state index in [-0.39, 0.29) is 35.8 Å². The standard InChI is InChI=1S/C15H21BrN2.2ClH.2H2O/c1-9-12(8-11-4-6-15(9)18(11)2)10-3-5-14(17)13(16)7-10;;;;/h3,5,7,9,11-12,15H,4,6,8,17H2,1-2H3;2*1H;2*1H2/t9-,11?,12-,15?;;;;/m0..../s1. The van der Waals surface area contributed by atoms with E-state index in [0.29, 0.717) is 5.92 Å². The maximum absolute atomic E-state index is 5.89. The highest BCUT2D eigenvalue weighted by atomic mass is 79.9. The van der Waals surface area contributed by atoms with Gasteiger partial charge in [0, 0.05) is 22.2 Å². The highest BCUT2D eigenvalue weighted by Crippen LogP contribution is 2.46. The zero-order chi connectivity index (χ0) is 12.9. The molecule has 2 aliphatic rings. The second-order valence-corrected chi connectivity index (χ2v) is 6.80. The van der Waals surface area contributed by atoms with Crippen molar-refractivity contribution in [3.8, 4) is 0 Å². The zero-order valence-corrected chi connectivity index (χ0v) is 16.1. The van der Waals surface area contributed by atoms with Crippen molar-refractivity contribution in [1.82, 2.24) is 4.90 Å². The van der Waals surface area contributed by atoms with Gasteiger partial charge < -0.3 is 21.6 Å². The van der Waals surface area contributed by atoms with Crippen molar-refractivity contribution in [2.45, 2.75) is 44.2 Å². The van der Waals surface area contributed by atoms with Gasteiger partial charge in [0.1, 0.15) is 0 Å². The Hall–Kier alpha value is -0.0400. The van der Waals surface area contributed by atoms with Gasteiger partial charge in [-0.05, 0) is 71.8 Å². The quantitative estimate of drug-likeness (QED) is 0.711. The average molecular weight is 418 g/mol. The Labute approximate surface area is 153 Å². The molecule has 2 bridgehead atoms. The molecular weight excluding hydrogens is 391 g/mol. The van der Waals surface area contributed by atoms with Gasteiger partial charge in [0.2, 0.25) is 0 Å². The summed E-state index contributed by atoms with van der Waals surface area (Å²) in [6.07, 6.45) is 4.04. The fourth-order valence-corrected chi connectivity index (χ4v) is 4.35. The number of anilines is 1. The summed E-state index contributed by atoms with van der Waals surface area (Å²) in [5.41, 5.74) is 8.17. The summed E-state index contributed by atoms with van der Waals surface area (Å²) in [6, 6.07) is 8.03. The number of rotatable bonds is 1. The fraction of sp³-hybridized carbons (Fsp3) is 0.600. The molecule has 0 aliphatic carbocycles. The van der Waals surface area contributed by atoms with Crippen molar-refractivity contribution in [2.75, 3.05) is 12.8 Å². The van der Waals surface area contributed by atoms with Gasteiger partial charge in [-0.25, -0.2) is 0 Å². The molecule has 7 heteroatoms. The summed E-state index contributed by atoms with van der Waals surface area (Å²) in [5.74, 6) is 1.43. The summed E-state index contributed by atoms with van der Waals surface area (Å²) >= 11 is 3.55. The predicted molar refractivity (Wildman–Crippen MR) is 101 cm³/mol. The number of benzene rings is 1. The second kappa shape index (κ2) is 9.30. The maximum Gasteiger partial charge on any atom is 0.0458 e. The highest BCUT2D eigenvalue weighted by molar-refractivity contribution is 9.10. The van der Waals surface area contributed by atoms with Crippen LogP contribution < -0.4 is 5.73 Å². The zero-order valence-electron chi connectivity index (χ0n) is 12.9. The Morgan fingerprint density at radius 3 is 2.41 bits per heavy atom. The van der Waals surface area contributed by atoms with Crippen LogP contribution in [0.25, 0.3) is 0 Å². The Morgan fingerprint density at radius 2 is 1.82 bits per heavy atom. The number of hydrogen-bond acceptors (Lipinski definition) is 2. The van der Waals surface area contributed by atoms with Crippen LogP contribution in [0.1, 0.15) is 37.7 Å². The van der Waals surface area contributed by atoms with E-state index in [2.05, 4.69) is 46.9 Å². The van der Waals surface area contributed by atoms with E-state index in [1.165, 1.54) is 24.8 Å². The topological polar surface area (TPSA) is 92.3 Å². The van der Waals surface area contributed by atoms with Crippen LogP contribution >= 0.6 is 40.7 Å². The highest BCUT2D eigenvalue weighted by Gasteiger charge is 2.43. The number of hydrogen-bond donors (Lipinski definition) is 1. The minimum atomic E-state index is 0. The lowest BCUT2D eigenvalue weighted by molar-refractivity contribution is 0.110. The fourth-order valence-electron chi connectivity index (χ4n) is 3.95. The molecule has 4 nitrogen and oxygen atoms in total. The van der Waals surface area contributed by atoms with Crippen molar-refractivity contribution < 1.29 is 11.0 Å².